The van der Waals surface area contributed by atoms with E-state index in [1.54, 1.807) is 26.4 Å². The summed E-state index contributed by atoms with van der Waals surface area (Å²) in [6.07, 6.45) is -4.03. The van der Waals surface area contributed by atoms with Crippen molar-refractivity contribution >= 4 is 0 Å². The molecular weight excluding hydrogens is 297 g/mol. The Labute approximate surface area is 127 Å². The van der Waals surface area contributed by atoms with Gasteiger partial charge in [-0.05, 0) is 17.7 Å². The smallest absolute Gasteiger partial charge is 0.382 e. The van der Waals surface area contributed by atoms with Gasteiger partial charge < -0.3 is 9.47 Å². The topological polar surface area (TPSA) is 62.3 Å². The van der Waals surface area contributed by atoms with Crippen molar-refractivity contribution in [3.05, 3.63) is 35.4 Å². The molecule has 22 heavy (non-hydrogen) atoms. The monoisotopic (exact) mass is 314 g/mol. The average molecular weight is 314 g/mol. The fourth-order valence-electron chi connectivity index (χ4n) is 1.98. The standard InChI is InChI=1S/C15H17F3N2O2/c1-21-10-13(22-2)5-3-4-11-6-8-12(9-7-11)14(19-20-14)15(16,17)18/h6-9,13,19-20H,5,10H2,1-2H3. The van der Waals surface area contributed by atoms with E-state index in [1.807, 2.05) is 0 Å². The Balaban J connectivity index is 2.02. The van der Waals surface area contributed by atoms with Gasteiger partial charge in [-0.3, -0.25) is 0 Å². The van der Waals surface area contributed by atoms with Crippen molar-refractivity contribution in [2.75, 3.05) is 20.8 Å². The number of methoxy groups -OCH3 is 2. The molecule has 1 heterocycles. The van der Waals surface area contributed by atoms with Crippen LogP contribution in [0.1, 0.15) is 17.5 Å². The summed E-state index contributed by atoms with van der Waals surface area (Å²) >= 11 is 0. The lowest BCUT2D eigenvalue weighted by molar-refractivity contribution is -0.165. The second-order valence-electron chi connectivity index (χ2n) is 4.89. The maximum Gasteiger partial charge on any atom is 0.426 e. The van der Waals surface area contributed by atoms with Crippen LogP contribution < -0.4 is 10.9 Å². The number of rotatable bonds is 5. The van der Waals surface area contributed by atoms with E-state index in [0.717, 1.165) is 0 Å². The third-order valence-corrected chi connectivity index (χ3v) is 3.37. The van der Waals surface area contributed by atoms with Gasteiger partial charge in [0.15, 0.2) is 0 Å². The summed E-state index contributed by atoms with van der Waals surface area (Å²) in [5, 5.41) is 0. The van der Waals surface area contributed by atoms with Crippen LogP contribution in [-0.4, -0.2) is 33.1 Å². The highest BCUT2D eigenvalue weighted by Crippen LogP contribution is 2.41. The molecule has 2 rings (SSSR count). The van der Waals surface area contributed by atoms with E-state index in [9.17, 15) is 13.2 Å². The summed E-state index contributed by atoms with van der Waals surface area (Å²) in [6, 6.07) is 5.95. The van der Waals surface area contributed by atoms with Gasteiger partial charge >= 0.3 is 6.18 Å². The lowest BCUT2D eigenvalue weighted by Gasteiger charge is -2.15. The predicted molar refractivity (Wildman–Crippen MR) is 74.6 cm³/mol. The first-order valence-corrected chi connectivity index (χ1v) is 6.65. The third-order valence-electron chi connectivity index (χ3n) is 3.37. The molecule has 0 saturated carbocycles. The minimum atomic E-state index is -4.40. The van der Waals surface area contributed by atoms with Crippen molar-refractivity contribution in [2.24, 2.45) is 0 Å². The number of alkyl halides is 3. The number of hydrazine groups is 1. The van der Waals surface area contributed by atoms with Crippen LogP contribution in [0.5, 0.6) is 0 Å². The third kappa shape index (κ3) is 3.59. The number of halogens is 3. The zero-order valence-electron chi connectivity index (χ0n) is 12.3. The zero-order chi connectivity index (χ0) is 16.2. The maximum absolute atomic E-state index is 12.9. The van der Waals surface area contributed by atoms with Crippen LogP contribution in [0.15, 0.2) is 24.3 Å². The molecule has 1 saturated heterocycles. The highest BCUT2D eigenvalue weighted by atomic mass is 19.4. The molecule has 0 spiro atoms. The molecule has 0 radical (unpaired) electrons. The zero-order valence-corrected chi connectivity index (χ0v) is 12.3. The Morgan fingerprint density at radius 2 is 1.82 bits per heavy atom. The molecule has 0 bridgehead atoms. The lowest BCUT2D eigenvalue weighted by Crippen LogP contribution is -2.34. The molecule has 7 heteroatoms. The summed E-state index contributed by atoms with van der Waals surface area (Å²) in [4.78, 5) is 0. The molecule has 0 amide bonds. The quantitative estimate of drug-likeness (QED) is 0.644. The molecule has 2 N–H and O–H groups in total. The van der Waals surface area contributed by atoms with Gasteiger partial charge in [0.1, 0.15) is 0 Å². The molecule has 1 aliphatic heterocycles. The second-order valence-corrected chi connectivity index (χ2v) is 4.89. The van der Waals surface area contributed by atoms with Crippen LogP contribution in [0.25, 0.3) is 0 Å². The van der Waals surface area contributed by atoms with Crippen molar-refractivity contribution in [2.45, 2.75) is 24.4 Å². The largest absolute Gasteiger partial charge is 0.426 e. The Morgan fingerprint density at radius 1 is 1.18 bits per heavy atom. The second kappa shape index (κ2) is 6.67. The molecule has 120 valence electrons. The SMILES string of the molecule is COCC(CC#Cc1ccc(C2(C(F)(F)F)NN2)cc1)OC. The normalized spacial score (nSPS) is 17.5. The summed E-state index contributed by atoms with van der Waals surface area (Å²) in [6.45, 7) is 0.440. The van der Waals surface area contributed by atoms with Crippen molar-refractivity contribution < 1.29 is 22.6 Å². The van der Waals surface area contributed by atoms with Gasteiger partial charge in [-0.25, -0.2) is 10.9 Å². The van der Waals surface area contributed by atoms with Crippen molar-refractivity contribution in [3.63, 3.8) is 0 Å². The van der Waals surface area contributed by atoms with Gasteiger partial charge in [-0.15, -0.1) is 0 Å². The number of nitrogens with one attached hydrogen (secondary N) is 2. The molecule has 1 aliphatic rings. The lowest BCUT2D eigenvalue weighted by atomic mass is 10.0. The Morgan fingerprint density at radius 3 is 2.27 bits per heavy atom. The fourth-order valence-corrected chi connectivity index (χ4v) is 1.98. The maximum atomic E-state index is 12.9. The van der Waals surface area contributed by atoms with E-state index in [0.29, 0.717) is 18.6 Å². The fraction of sp³-hybridized carbons (Fsp3) is 0.467. The van der Waals surface area contributed by atoms with Crippen LogP contribution >= 0.6 is 0 Å². The molecule has 0 aliphatic carbocycles. The minimum Gasteiger partial charge on any atom is -0.382 e. The molecule has 1 unspecified atom stereocenters. The Hall–Kier alpha value is -1.59. The van der Waals surface area contributed by atoms with Gasteiger partial charge in [0.25, 0.3) is 0 Å². The number of hydrogen-bond donors (Lipinski definition) is 2. The van der Waals surface area contributed by atoms with E-state index in [2.05, 4.69) is 22.7 Å². The summed E-state index contributed by atoms with van der Waals surface area (Å²) < 4.78 is 48.9. The molecule has 4 nitrogen and oxygen atoms in total. The molecule has 1 aromatic rings. The molecular formula is C15H17F3N2O2. The minimum absolute atomic E-state index is 0.111. The highest BCUT2D eigenvalue weighted by molar-refractivity contribution is 5.40. The summed E-state index contributed by atoms with van der Waals surface area (Å²) in [5.74, 6) is 5.83. The first kappa shape index (κ1) is 16.8. The summed E-state index contributed by atoms with van der Waals surface area (Å²) in [5.41, 5.74) is 2.96. The average Bonchev–Trinajstić information content (AvgIpc) is 3.28. The number of benzene rings is 1. The van der Waals surface area contributed by atoms with Gasteiger partial charge in [0.05, 0.1) is 12.7 Å². The van der Waals surface area contributed by atoms with Crippen LogP contribution in [0.2, 0.25) is 0 Å². The van der Waals surface area contributed by atoms with E-state index >= 15 is 0 Å². The van der Waals surface area contributed by atoms with E-state index < -0.39 is 11.8 Å². The van der Waals surface area contributed by atoms with Crippen LogP contribution in [0.3, 0.4) is 0 Å². The number of ether oxygens (including phenoxy) is 2. The van der Waals surface area contributed by atoms with Crippen molar-refractivity contribution in [3.8, 4) is 11.8 Å². The van der Waals surface area contributed by atoms with E-state index in [4.69, 9.17) is 9.47 Å². The highest BCUT2D eigenvalue weighted by Gasteiger charge is 2.65. The molecule has 1 aromatic carbocycles. The predicted octanol–water partition coefficient (Wildman–Crippen LogP) is 1.91. The van der Waals surface area contributed by atoms with Crippen molar-refractivity contribution in [1.29, 1.82) is 0 Å². The van der Waals surface area contributed by atoms with Crippen LogP contribution in [-0.2, 0) is 15.1 Å². The first-order valence-electron chi connectivity index (χ1n) is 6.65. The summed E-state index contributed by atoms with van der Waals surface area (Å²) in [7, 11) is 3.15. The van der Waals surface area contributed by atoms with Gasteiger partial charge in [-0.1, -0.05) is 24.0 Å². The molecule has 1 atom stereocenters. The van der Waals surface area contributed by atoms with Gasteiger partial charge in [0.2, 0.25) is 5.66 Å². The van der Waals surface area contributed by atoms with Crippen molar-refractivity contribution in [1.82, 2.24) is 10.9 Å². The van der Waals surface area contributed by atoms with E-state index in [-0.39, 0.29) is 11.7 Å². The number of hydrogen-bond acceptors (Lipinski definition) is 4. The van der Waals surface area contributed by atoms with E-state index in [1.165, 1.54) is 12.1 Å². The Kier molecular flexibility index (Phi) is 5.08. The van der Waals surface area contributed by atoms with Crippen LogP contribution in [0, 0.1) is 11.8 Å². The molecule has 0 aromatic heterocycles. The van der Waals surface area contributed by atoms with Gasteiger partial charge in [0, 0.05) is 26.2 Å². The van der Waals surface area contributed by atoms with Crippen LogP contribution in [0.4, 0.5) is 13.2 Å². The Bertz CT molecular complexity index is 557. The molecule has 1 fully saturated rings. The van der Waals surface area contributed by atoms with Gasteiger partial charge in [-0.2, -0.15) is 13.2 Å². The first-order chi connectivity index (χ1) is 10.4.